The molecular weight excluding hydrogens is 529 g/mol. The minimum atomic E-state index is -0.626. The van der Waals surface area contributed by atoms with Crippen LogP contribution in [0.4, 0.5) is 15.0 Å². The predicted octanol–water partition coefficient (Wildman–Crippen LogP) is 6.27. The van der Waals surface area contributed by atoms with E-state index >= 15 is 0 Å². The number of hydrogen-bond acceptors (Lipinski definition) is 7. The molecule has 1 aliphatic heterocycles. The lowest BCUT2D eigenvalue weighted by Crippen LogP contribution is -2.50. The molecule has 40 heavy (non-hydrogen) atoms. The van der Waals surface area contributed by atoms with Gasteiger partial charge in [-0.15, -0.1) is 16.1 Å². The maximum absolute atomic E-state index is 13.9. The molecule has 0 saturated carbocycles. The Kier molecular flexibility index (Phi) is 6.63. The van der Waals surface area contributed by atoms with Crippen LogP contribution in [0, 0.1) is 5.82 Å². The summed E-state index contributed by atoms with van der Waals surface area (Å²) in [5.41, 5.74) is 3.38. The Balaban J connectivity index is 1.38. The highest BCUT2D eigenvalue weighted by molar-refractivity contribution is 7.09. The number of hydrogen-bond donors (Lipinski definition) is 1. The topological polar surface area (TPSA) is 81.5 Å². The van der Waals surface area contributed by atoms with E-state index in [-0.39, 0.29) is 11.9 Å². The lowest BCUT2D eigenvalue weighted by Gasteiger charge is -2.31. The first-order valence-electron chi connectivity index (χ1n) is 12.9. The minimum Gasteiger partial charge on any atom is -0.444 e. The van der Waals surface area contributed by atoms with E-state index in [0.717, 1.165) is 32.6 Å². The van der Waals surface area contributed by atoms with Crippen molar-refractivity contribution in [2.75, 3.05) is 11.6 Å². The number of rotatable bonds is 7. The first-order chi connectivity index (χ1) is 19.2. The number of ether oxygens (including phenoxy) is 1. The molecule has 0 aliphatic carbocycles. The molecule has 6 rings (SSSR count). The van der Waals surface area contributed by atoms with Gasteiger partial charge in [-0.1, -0.05) is 6.07 Å². The highest BCUT2D eigenvalue weighted by Gasteiger charge is 2.31. The molecule has 0 radical (unpaired) electrons. The molecule has 1 amide bonds. The number of nitrogens with one attached hydrogen (secondary N) is 1. The molecule has 204 valence electrons. The van der Waals surface area contributed by atoms with Crippen molar-refractivity contribution in [1.82, 2.24) is 20.0 Å². The average molecular weight is 558 g/mol. The van der Waals surface area contributed by atoms with Crippen molar-refractivity contribution in [2.24, 2.45) is 0 Å². The van der Waals surface area contributed by atoms with Crippen LogP contribution in [0.3, 0.4) is 0 Å². The van der Waals surface area contributed by atoms with Crippen molar-refractivity contribution in [3.05, 3.63) is 89.1 Å². The molecule has 8 nitrogen and oxygen atoms in total. The fourth-order valence-electron chi connectivity index (χ4n) is 4.80. The van der Waals surface area contributed by atoms with Crippen LogP contribution in [0.25, 0.3) is 33.4 Å². The Hall–Kier alpha value is -4.44. The molecule has 0 fully saturated rings. The molecular formula is C30H28FN5O3S. The van der Waals surface area contributed by atoms with E-state index in [2.05, 4.69) is 10.3 Å². The van der Waals surface area contributed by atoms with Gasteiger partial charge in [0, 0.05) is 40.2 Å². The van der Waals surface area contributed by atoms with Crippen LogP contribution in [-0.4, -0.2) is 39.0 Å². The molecule has 1 N–H and O–H groups in total. The summed E-state index contributed by atoms with van der Waals surface area (Å²) >= 11 is 1.62. The number of alkyl carbamates (subject to hydrolysis) is 1. The van der Waals surface area contributed by atoms with Crippen molar-refractivity contribution < 1.29 is 18.9 Å². The van der Waals surface area contributed by atoms with E-state index in [1.54, 1.807) is 45.7 Å². The van der Waals surface area contributed by atoms with E-state index in [0.29, 0.717) is 24.4 Å². The number of pyridine rings is 2. The highest BCUT2D eigenvalue weighted by atomic mass is 32.1. The molecule has 1 unspecified atom stereocenters. The number of aromatic nitrogens is 3. The molecule has 2 bridgehead atoms. The molecule has 0 spiro atoms. The predicted molar refractivity (Wildman–Crippen MR) is 153 cm³/mol. The lowest BCUT2D eigenvalue weighted by atomic mass is 10.00. The number of nitrogens with zero attached hydrogens (tertiary/aromatic N) is 4. The lowest BCUT2D eigenvalue weighted by molar-refractivity contribution is 0.0478. The van der Waals surface area contributed by atoms with Gasteiger partial charge >= 0.3 is 6.09 Å². The monoisotopic (exact) mass is 557 g/mol. The van der Waals surface area contributed by atoms with Gasteiger partial charge in [-0.25, -0.2) is 14.2 Å². The van der Waals surface area contributed by atoms with Gasteiger partial charge in [0.1, 0.15) is 17.1 Å². The largest absolute Gasteiger partial charge is 0.444 e. The van der Waals surface area contributed by atoms with Gasteiger partial charge in [0.2, 0.25) is 0 Å². The van der Waals surface area contributed by atoms with Crippen molar-refractivity contribution in [2.45, 2.75) is 38.8 Å². The Morgan fingerprint density at radius 3 is 2.55 bits per heavy atom. The quantitative estimate of drug-likeness (QED) is 0.254. The van der Waals surface area contributed by atoms with Gasteiger partial charge in [0.05, 0.1) is 12.6 Å². The molecule has 10 heteroatoms. The summed E-state index contributed by atoms with van der Waals surface area (Å²) in [6.45, 7) is 5.80. The standard InChI is InChI=1S/C30H28FN5O3S/c1-30(2,3)38-29(37)33-22(17-23-5-4-16-40-23)18-35-25-11-10-24-26(19-12-14-32-15-13-19)27(36(39-35)28(24)34-25)20-6-8-21(31)9-7-20/h4-16,22H,17-18H2,1-3H3,(H,33,37). The first kappa shape index (κ1) is 25.8. The number of carbonyl (C=O) groups excluding carboxylic acids is 1. The third kappa shape index (κ3) is 5.22. The maximum atomic E-state index is 13.9. The van der Waals surface area contributed by atoms with Crippen LogP contribution in [0.2, 0.25) is 0 Å². The smallest absolute Gasteiger partial charge is 0.407 e. The van der Waals surface area contributed by atoms with E-state index in [1.165, 1.54) is 12.1 Å². The van der Waals surface area contributed by atoms with Gasteiger partial charge < -0.3 is 10.1 Å². The zero-order valence-electron chi connectivity index (χ0n) is 22.3. The van der Waals surface area contributed by atoms with Gasteiger partial charge in [-0.3, -0.25) is 9.92 Å². The number of fused-ring (bicyclic) bond motifs is 1. The Labute approximate surface area is 234 Å². The van der Waals surface area contributed by atoms with Gasteiger partial charge in [-0.05, 0) is 86.3 Å². The van der Waals surface area contributed by atoms with Gasteiger partial charge in [-0.2, -0.15) is 5.06 Å². The van der Waals surface area contributed by atoms with Gasteiger partial charge in [0.15, 0.2) is 11.5 Å². The van der Waals surface area contributed by atoms with Crippen LogP contribution in [0.15, 0.2) is 78.4 Å². The van der Waals surface area contributed by atoms with Crippen molar-refractivity contribution in [3.63, 3.8) is 0 Å². The second-order valence-corrected chi connectivity index (χ2v) is 11.6. The van der Waals surface area contributed by atoms with Crippen LogP contribution >= 0.6 is 11.3 Å². The zero-order valence-corrected chi connectivity index (χ0v) is 23.1. The number of thiophene rings is 1. The molecule has 5 heterocycles. The van der Waals surface area contributed by atoms with Crippen LogP contribution < -0.4 is 15.3 Å². The molecule has 1 aromatic carbocycles. The fraction of sp³-hybridized carbons (Fsp3) is 0.233. The third-order valence-electron chi connectivity index (χ3n) is 6.42. The summed E-state index contributed by atoms with van der Waals surface area (Å²) in [6.07, 6.45) is 3.56. The van der Waals surface area contributed by atoms with E-state index < -0.39 is 11.7 Å². The average Bonchev–Trinajstić information content (AvgIpc) is 3.55. The van der Waals surface area contributed by atoms with Crippen LogP contribution in [0.5, 0.6) is 0 Å². The molecule has 1 aliphatic rings. The summed E-state index contributed by atoms with van der Waals surface area (Å²) in [6, 6.07) is 17.8. The van der Waals surface area contributed by atoms with Crippen molar-refractivity contribution in [1.29, 1.82) is 0 Å². The van der Waals surface area contributed by atoms with E-state index in [4.69, 9.17) is 14.7 Å². The molecule has 0 saturated heterocycles. The normalized spacial score (nSPS) is 13.3. The molecule has 1 atom stereocenters. The summed E-state index contributed by atoms with van der Waals surface area (Å²) in [7, 11) is 0. The van der Waals surface area contributed by atoms with Crippen LogP contribution in [-0.2, 0) is 11.2 Å². The summed E-state index contributed by atoms with van der Waals surface area (Å²) in [5, 5.41) is 7.59. The number of amides is 1. The number of carbonyl (C=O) groups is 1. The van der Waals surface area contributed by atoms with Gasteiger partial charge in [0.25, 0.3) is 0 Å². The Morgan fingerprint density at radius 2 is 1.85 bits per heavy atom. The van der Waals surface area contributed by atoms with Crippen molar-refractivity contribution >= 4 is 34.3 Å². The van der Waals surface area contributed by atoms with Crippen molar-refractivity contribution in [3.8, 4) is 22.4 Å². The molecule has 4 aromatic heterocycles. The number of anilines is 1. The number of hydroxylamine groups is 1. The summed E-state index contributed by atoms with van der Waals surface area (Å²) < 4.78 is 21.1. The number of halogens is 1. The summed E-state index contributed by atoms with van der Waals surface area (Å²) in [5.74, 6) is 0.295. The van der Waals surface area contributed by atoms with Crippen LogP contribution in [0.1, 0.15) is 25.6 Å². The minimum absolute atomic E-state index is 0.306. The second kappa shape index (κ2) is 10.3. The van der Waals surface area contributed by atoms with E-state index in [1.807, 2.05) is 62.5 Å². The fourth-order valence-corrected chi connectivity index (χ4v) is 5.58. The summed E-state index contributed by atoms with van der Waals surface area (Å²) in [4.78, 5) is 29.4. The third-order valence-corrected chi connectivity index (χ3v) is 7.32. The molecule has 5 aromatic rings. The number of benzene rings is 1. The highest BCUT2D eigenvalue weighted by Crippen LogP contribution is 2.42. The van der Waals surface area contributed by atoms with E-state index in [9.17, 15) is 9.18 Å². The first-order valence-corrected chi connectivity index (χ1v) is 13.8. The Bertz CT molecular complexity index is 1650. The second-order valence-electron chi connectivity index (χ2n) is 10.6. The SMILES string of the molecule is CC(C)(C)OC(=O)NC(Cc1cccs1)CN1On2c(-c3ccc(F)cc3)c(-c3ccncc3)c3ccc1nc32. The Morgan fingerprint density at radius 1 is 1.07 bits per heavy atom. The zero-order chi connectivity index (χ0) is 27.9. The maximum Gasteiger partial charge on any atom is 0.407 e.